The lowest BCUT2D eigenvalue weighted by molar-refractivity contribution is -0.110. The fraction of sp³-hybridized carbons (Fsp3) is 0.105. The monoisotopic (exact) mass is 422 g/mol. The van der Waals surface area contributed by atoms with Gasteiger partial charge < -0.3 is 4.74 Å². The molecule has 0 N–H and O–H groups in total. The molecule has 0 saturated heterocycles. The molecule has 0 spiro atoms. The van der Waals surface area contributed by atoms with Gasteiger partial charge in [0.15, 0.2) is 5.78 Å². The van der Waals surface area contributed by atoms with E-state index < -0.39 is 0 Å². The van der Waals surface area contributed by atoms with E-state index in [1.165, 1.54) is 0 Å². The summed E-state index contributed by atoms with van der Waals surface area (Å²) >= 11 is 16.0. The van der Waals surface area contributed by atoms with E-state index in [1.807, 2.05) is 36.4 Å². The van der Waals surface area contributed by atoms with Crippen LogP contribution in [0, 0.1) is 0 Å². The molecule has 0 aromatic heterocycles. The molecule has 0 saturated carbocycles. The Balaban J connectivity index is 2.08. The molecule has 0 fully saturated rings. The number of hydrogen-bond donors (Lipinski definition) is 0. The first-order chi connectivity index (χ1) is 11.5. The van der Waals surface area contributed by atoms with Crippen molar-refractivity contribution in [2.45, 2.75) is 6.42 Å². The van der Waals surface area contributed by atoms with Crippen molar-refractivity contribution in [3.63, 3.8) is 0 Å². The van der Waals surface area contributed by atoms with Crippen LogP contribution in [0.1, 0.15) is 17.5 Å². The van der Waals surface area contributed by atoms with Gasteiger partial charge in [-0.05, 0) is 23.8 Å². The fourth-order valence-corrected chi connectivity index (χ4v) is 4.10. The number of carbonyl (C=O) groups is 1. The van der Waals surface area contributed by atoms with Gasteiger partial charge in [-0.25, -0.2) is 0 Å². The Labute approximate surface area is 158 Å². The Morgan fingerprint density at radius 3 is 2.33 bits per heavy atom. The van der Waals surface area contributed by atoms with Gasteiger partial charge in [0.25, 0.3) is 0 Å². The minimum absolute atomic E-state index is 0.109. The van der Waals surface area contributed by atoms with E-state index in [2.05, 4.69) is 15.9 Å². The molecule has 0 bridgehead atoms. The number of hydrogen-bond acceptors (Lipinski definition) is 2. The van der Waals surface area contributed by atoms with Crippen LogP contribution in [0.15, 0.2) is 58.3 Å². The highest BCUT2D eigenvalue weighted by atomic mass is 79.9. The summed E-state index contributed by atoms with van der Waals surface area (Å²) in [5.74, 6) is 0.468. The van der Waals surface area contributed by atoms with Crippen LogP contribution in [0.25, 0.3) is 11.6 Å². The van der Waals surface area contributed by atoms with Gasteiger partial charge in [0.05, 0.1) is 22.7 Å². The number of halogens is 3. The van der Waals surface area contributed by atoms with Crippen LogP contribution < -0.4 is 0 Å². The maximum Gasteiger partial charge on any atom is 0.193 e. The lowest BCUT2D eigenvalue weighted by atomic mass is 10.0. The summed E-state index contributed by atoms with van der Waals surface area (Å²) in [5, 5.41) is 0.821. The molecule has 2 aromatic carbocycles. The molecular weight excluding hydrogens is 411 g/mol. The van der Waals surface area contributed by atoms with Gasteiger partial charge in [-0.2, -0.15) is 0 Å². The van der Waals surface area contributed by atoms with Crippen LogP contribution in [0.3, 0.4) is 0 Å². The van der Waals surface area contributed by atoms with Crippen LogP contribution in [-0.2, 0) is 9.53 Å². The Morgan fingerprint density at radius 1 is 1.12 bits per heavy atom. The predicted molar refractivity (Wildman–Crippen MR) is 102 cm³/mol. The zero-order valence-corrected chi connectivity index (χ0v) is 15.9. The summed E-state index contributed by atoms with van der Waals surface area (Å²) in [6, 6.07) is 13.1. The van der Waals surface area contributed by atoms with Crippen LogP contribution >= 0.6 is 39.1 Å². The maximum absolute atomic E-state index is 12.9. The molecule has 0 radical (unpaired) electrons. The van der Waals surface area contributed by atoms with Crippen LogP contribution in [0.4, 0.5) is 0 Å². The van der Waals surface area contributed by atoms with Gasteiger partial charge in [-0.15, -0.1) is 0 Å². The molecule has 2 nitrogen and oxygen atoms in total. The van der Waals surface area contributed by atoms with Crippen molar-refractivity contribution >= 4 is 56.6 Å². The number of ether oxygens (including phenoxy) is 1. The number of Topliss-reactive ketones (excluding diaryl/α,β-unsaturated/α-hetero) is 1. The normalized spacial score (nSPS) is 16.2. The van der Waals surface area contributed by atoms with Gasteiger partial charge in [0, 0.05) is 22.0 Å². The van der Waals surface area contributed by atoms with E-state index in [4.69, 9.17) is 27.9 Å². The van der Waals surface area contributed by atoms with E-state index in [-0.39, 0.29) is 5.78 Å². The summed E-state index contributed by atoms with van der Waals surface area (Å²) < 4.78 is 6.20. The summed E-state index contributed by atoms with van der Waals surface area (Å²) in [7, 11) is 1.55. The molecule has 5 heteroatoms. The van der Waals surface area contributed by atoms with E-state index in [0.717, 1.165) is 10.0 Å². The molecule has 0 aliphatic heterocycles. The minimum atomic E-state index is -0.109. The van der Waals surface area contributed by atoms with Crippen LogP contribution in [0.5, 0.6) is 0 Å². The molecule has 0 amide bonds. The van der Waals surface area contributed by atoms with Crippen LogP contribution in [-0.4, -0.2) is 12.9 Å². The van der Waals surface area contributed by atoms with E-state index >= 15 is 0 Å². The van der Waals surface area contributed by atoms with E-state index in [9.17, 15) is 4.79 Å². The summed E-state index contributed by atoms with van der Waals surface area (Å²) in [6.45, 7) is 0. The van der Waals surface area contributed by atoms with Gasteiger partial charge >= 0.3 is 0 Å². The topological polar surface area (TPSA) is 26.3 Å². The Kier molecular flexibility index (Phi) is 5.14. The Bertz CT molecular complexity index is 847. The Hall–Kier alpha value is -1.55. The largest absolute Gasteiger partial charge is 0.500 e. The second-order valence-corrected chi connectivity index (χ2v) is 7.06. The fourth-order valence-electron chi connectivity index (χ4n) is 2.70. The molecule has 24 heavy (non-hydrogen) atoms. The number of benzene rings is 2. The van der Waals surface area contributed by atoms with Crippen molar-refractivity contribution in [1.29, 1.82) is 0 Å². The average Bonchev–Trinajstić information content (AvgIpc) is 2.84. The second-order valence-electron chi connectivity index (χ2n) is 5.33. The number of methoxy groups -OCH3 is 1. The van der Waals surface area contributed by atoms with E-state index in [1.54, 1.807) is 19.2 Å². The number of allylic oxidation sites excluding steroid dienone is 2. The summed E-state index contributed by atoms with van der Waals surface area (Å²) in [5.41, 5.74) is 2.57. The molecule has 1 aliphatic carbocycles. The molecular formula is C19H13BrCl2O2. The van der Waals surface area contributed by atoms with Gasteiger partial charge in [-0.1, -0.05) is 69.5 Å². The van der Waals surface area contributed by atoms with Crippen molar-refractivity contribution in [3.05, 3.63) is 79.4 Å². The second kappa shape index (κ2) is 7.14. The molecule has 3 rings (SSSR count). The highest BCUT2D eigenvalue weighted by molar-refractivity contribution is 9.10. The predicted octanol–water partition coefficient (Wildman–Crippen LogP) is 6.17. The van der Waals surface area contributed by atoms with Crippen LogP contribution in [0.2, 0.25) is 10.0 Å². The first-order valence-electron chi connectivity index (χ1n) is 7.23. The molecule has 2 aromatic rings. The standard InChI is InChI=1S/C19H13BrCl2O2/c1-24-16-8-12(7-11-5-3-2-4-6-11)19(23)18(16)17-14(21)9-13(20)10-15(17)22/h2-7,9-10H,8H2,1H3/b12-7+. The highest BCUT2D eigenvalue weighted by Gasteiger charge is 2.32. The van der Waals surface area contributed by atoms with Crippen molar-refractivity contribution in [1.82, 2.24) is 0 Å². The van der Waals surface area contributed by atoms with Crippen molar-refractivity contribution in [3.8, 4) is 0 Å². The summed E-state index contributed by atoms with van der Waals surface area (Å²) in [4.78, 5) is 12.9. The molecule has 0 unspecified atom stereocenters. The smallest absolute Gasteiger partial charge is 0.193 e. The lowest BCUT2D eigenvalue weighted by Crippen LogP contribution is -2.01. The minimum Gasteiger partial charge on any atom is -0.500 e. The average molecular weight is 424 g/mol. The maximum atomic E-state index is 12.9. The number of ketones is 1. The number of rotatable bonds is 3. The first-order valence-corrected chi connectivity index (χ1v) is 8.78. The molecule has 122 valence electrons. The third-order valence-corrected chi connectivity index (χ3v) is 4.85. The molecule has 0 atom stereocenters. The highest BCUT2D eigenvalue weighted by Crippen LogP contribution is 2.42. The lowest BCUT2D eigenvalue weighted by Gasteiger charge is -2.10. The van der Waals surface area contributed by atoms with E-state index in [0.29, 0.717) is 38.9 Å². The Morgan fingerprint density at radius 2 is 1.75 bits per heavy atom. The quantitative estimate of drug-likeness (QED) is 0.551. The molecule has 0 heterocycles. The zero-order chi connectivity index (χ0) is 17.3. The SMILES string of the molecule is COC1=C(c2c(Cl)cc(Br)cc2Cl)C(=O)/C(=C/c2ccccc2)C1. The van der Waals surface area contributed by atoms with Gasteiger partial charge in [-0.3, -0.25) is 4.79 Å². The first kappa shape index (κ1) is 17.3. The molecule has 1 aliphatic rings. The van der Waals surface area contributed by atoms with Crippen molar-refractivity contribution in [2.24, 2.45) is 0 Å². The van der Waals surface area contributed by atoms with Crippen molar-refractivity contribution in [2.75, 3.05) is 7.11 Å². The third-order valence-electron chi connectivity index (χ3n) is 3.79. The van der Waals surface area contributed by atoms with Crippen molar-refractivity contribution < 1.29 is 9.53 Å². The van der Waals surface area contributed by atoms with Gasteiger partial charge in [0.1, 0.15) is 5.76 Å². The van der Waals surface area contributed by atoms with Gasteiger partial charge in [0.2, 0.25) is 0 Å². The zero-order valence-electron chi connectivity index (χ0n) is 12.8. The third kappa shape index (κ3) is 3.30. The number of carbonyl (C=O) groups excluding carboxylic acids is 1. The summed E-state index contributed by atoms with van der Waals surface area (Å²) in [6.07, 6.45) is 2.29.